The van der Waals surface area contributed by atoms with Crippen LogP contribution >= 0.6 is 0 Å². The molecule has 5 heteroatoms. The van der Waals surface area contributed by atoms with Crippen LogP contribution in [0.4, 0.5) is 0 Å². The van der Waals surface area contributed by atoms with E-state index in [1.54, 1.807) is 6.07 Å². The standard InChI is InChI=1S/C13H23N3O2/c1-5-9(2)7-16(4)8-11-6-12(13(17)15-14)18-10(11)3/h6,9H,5,7-8,14H2,1-4H3,(H,15,17). The summed E-state index contributed by atoms with van der Waals surface area (Å²) in [5.74, 6) is 6.38. The first kappa shape index (κ1) is 14.7. The van der Waals surface area contributed by atoms with Crippen molar-refractivity contribution in [3.8, 4) is 0 Å². The van der Waals surface area contributed by atoms with Crippen LogP contribution in [0.15, 0.2) is 10.5 Å². The zero-order valence-electron chi connectivity index (χ0n) is 11.6. The van der Waals surface area contributed by atoms with Crippen LogP contribution in [0.2, 0.25) is 0 Å². The van der Waals surface area contributed by atoms with Crippen molar-refractivity contribution in [1.82, 2.24) is 10.3 Å². The molecule has 1 unspecified atom stereocenters. The molecule has 0 saturated carbocycles. The number of furan rings is 1. The van der Waals surface area contributed by atoms with Crippen LogP contribution in [0.25, 0.3) is 0 Å². The highest BCUT2D eigenvalue weighted by molar-refractivity contribution is 5.91. The average Bonchev–Trinajstić information content (AvgIpc) is 2.69. The van der Waals surface area contributed by atoms with Gasteiger partial charge >= 0.3 is 5.91 Å². The topological polar surface area (TPSA) is 71.5 Å². The van der Waals surface area contributed by atoms with E-state index in [0.29, 0.717) is 5.92 Å². The molecule has 3 N–H and O–H groups in total. The van der Waals surface area contributed by atoms with E-state index < -0.39 is 5.91 Å². The monoisotopic (exact) mass is 253 g/mol. The summed E-state index contributed by atoms with van der Waals surface area (Å²) in [5.41, 5.74) is 3.10. The quantitative estimate of drug-likeness (QED) is 0.459. The fraction of sp³-hybridized carbons (Fsp3) is 0.615. The summed E-state index contributed by atoms with van der Waals surface area (Å²) in [4.78, 5) is 13.6. The van der Waals surface area contributed by atoms with E-state index >= 15 is 0 Å². The van der Waals surface area contributed by atoms with Crippen LogP contribution in [0, 0.1) is 12.8 Å². The van der Waals surface area contributed by atoms with Crippen molar-refractivity contribution in [2.45, 2.75) is 33.7 Å². The predicted molar refractivity (Wildman–Crippen MR) is 70.9 cm³/mol. The molecule has 0 aliphatic rings. The second-order valence-electron chi connectivity index (χ2n) is 4.88. The second kappa shape index (κ2) is 6.56. The molecule has 0 fully saturated rings. The Morgan fingerprint density at radius 3 is 2.83 bits per heavy atom. The number of carbonyl (C=O) groups is 1. The Hall–Kier alpha value is -1.33. The number of hydrazine groups is 1. The van der Waals surface area contributed by atoms with E-state index in [1.165, 1.54) is 0 Å². The first-order valence-corrected chi connectivity index (χ1v) is 6.26. The fourth-order valence-electron chi connectivity index (χ4n) is 1.88. The summed E-state index contributed by atoms with van der Waals surface area (Å²) in [6.45, 7) is 8.08. The summed E-state index contributed by atoms with van der Waals surface area (Å²) in [5, 5.41) is 0. The van der Waals surface area contributed by atoms with Gasteiger partial charge in [0, 0.05) is 18.7 Å². The molecule has 0 aliphatic carbocycles. The minimum Gasteiger partial charge on any atom is -0.456 e. The molecule has 0 aromatic carbocycles. The SMILES string of the molecule is CCC(C)CN(C)Cc1cc(C(=O)NN)oc1C. The Kier molecular flexibility index (Phi) is 5.37. The number of amides is 1. The third kappa shape index (κ3) is 3.85. The van der Waals surface area contributed by atoms with Gasteiger partial charge in [-0.3, -0.25) is 10.2 Å². The van der Waals surface area contributed by atoms with E-state index in [2.05, 4.69) is 31.2 Å². The maximum atomic E-state index is 11.3. The van der Waals surface area contributed by atoms with Crippen LogP contribution < -0.4 is 11.3 Å². The molecule has 0 aliphatic heterocycles. The molecular weight excluding hydrogens is 230 g/mol. The maximum absolute atomic E-state index is 11.3. The highest BCUT2D eigenvalue weighted by Crippen LogP contribution is 2.17. The van der Waals surface area contributed by atoms with Crippen molar-refractivity contribution in [2.75, 3.05) is 13.6 Å². The molecule has 0 spiro atoms. The summed E-state index contributed by atoms with van der Waals surface area (Å²) >= 11 is 0. The second-order valence-corrected chi connectivity index (χ2v) is 4.88. The van der Waals surface area contributed by atoms with Crippen molar-refractivity contribution in [1.29, 1.82) is 0 Å². The molecule has 1 aromatic rings. The first-order valence-electron chi connectivity index (χ1n) is 6.26. The number of hydrogen-bond acceptors (Lipinski definition) is 4. The van der Waals surface area contributed by atoms with E-state index in [1.807, 2.05) is 6.92 Å². The minimum absolute atomic E-state index is 0.266. The van der Waals surface area contributed by atoms with Gasteiger partial charge in [-0.2, -0.15) is 0 Å². The summed E-state index contributed by atoms with van der Waals surface area (Å²) < 4.78 is 5.38. The number of rotatable bonds is 6. The smallest absolute Gasteiger partial charge is 0.300 e. The van der Waals surface area contributed by atoms with E-state index in [0.717, 1.165) is 30.8 Å². The van der Waals surface area contributed by atoms with Gasteiger partial charge in [0.15, 0.2) is 5.76 Å². The highest BCUT2D eigenvalue weighted by atomic mass is 16.4. The van der Waals surface area contributed by atoms with Crippen molar-refractivity contribution < 1.29 is 9.21 Å². The Bertz CT molecular complexity index is 401. The zero-order chi connectivity index (χ0) is 13.7. The molecule has 1 rings (SSSR count). The van der Waals surface area contributed by atoms with Crippen LogP contribution in [-0.4, -0.2) is 24.4 Å². The van der Waals surface area contributed by atoms with Crippen LogP contribution in [0.3, 0.4) is 0 Å². The number of nitrogen functional groups attached to an aromatic ring is 1. The summed E-state index contributed by atoms with van der Waals surface area (Å²) in [6.07, 6.45) is 1.16. The lowest BCUT2D eigenvalue weighted by molar-refractivity contribution is 0.0924. The van der Waals surface area contributed by atoms with Crippen LogP contribution in [0.5, 0.6) is 0 Å². The first-order chi connectivity index (χ1) is 8.47. The summed E-state index contributed by atoms with van der Waals surface area (Å²) in [7, 11) is 2.07. The van der Waals surface area contributed by atoms with Crippen LogP contribution in [0.1, 0.15) is 42.1 Å². The van der Waals surface area contributed by atoms with E-state index in [9.17, 15) is 4.79 Å². The van der Waals surface area contributed by atoms with Gasteiger partial charge in [-0.15, -0.1) is 0 Å². The number of nitrogens with zero attached hydrogens (tertiary/aromatic N) is 1. The van der Waals surface area contributed by atoms with Crippen LogP contribution in [-0.2, 0) is 6.54 Å². The Balaban J connectivity index is 2.67. The van der Waals surface area contributed by atoms with Gasteiger partial charge in [0.1, 0.15) is 5.76 Å². The van der Waals surface area contributed by atoms with Gasteiger partial charge in [-0.25, -0.2) is 5.84 Å². The molecule has 1 heterocycles. The molecule has 1 aromatic heterocycles. The average molecular weight is 253 g/mol. The van der Waals surface area contributed by atoms with E-state index in [-0.39, 0.29) is 5.76 Å². The number of aryl methyl sites for hydroxylation is 1. The third-order valence-corrected chi connectivity index (χ3v) is 3.14. The molecule has 18 heavy (non-hydrogen) atoms. The van der Waals surface area contributed by atoms with Gasteiger partial charge in [0.25, 0.3) is 0 Å². The Morgan fingerprint density at radius 2 is 2.28 bits per heavy atom. The van der Waals surface area contributed by atoms with E-state index in [4.69, 9.17) is 10.3 Å². The van der Waals surface area contributed by atoms with Gasteiger partial charge in [0.05, 0.1) is 0 Å². The lowest BCUT2D eigenvalue weighted by Gasteiger charge is -2.19. The molecular formula is C13H23N3O2. The predicted octanol–water partition coefficient (Wildman–Crippen LogP) is 1.67. The highest BCUT2D eigenvalue weighted by Gasteiger charge is 2.15. The molecule has 1 amide bonds. The normalized spacial score (nSPS) is 12.8. The number of hydrogen-bond donors (Lipinski definition) is 2. The van der Waals surface area contributed by atoms with Gasteiger partial charge in [-0.1, -0.05) is 20.3 Å². The van der Waals surface area contributed by atoms with Gasteiger partial charge in [-0.05, 0) is 26.0 Å². The van der Waals surface area contributed by atoms with Crippen molar-refractivity contribution in [3.63, 3.8) is 0 Å². The molecule has 0 saturated heterocycles. The maximum Gasteiger partial charge on any atom is 0.300 e. The van der Waals surface area contributed by atoms with Gasteiger partial charge in [0.2, 0.25) is 0 Å². The fourth-order valence-corrected chi connectivity index (χ4v) is 1.88. The lowest BCUT2D eigenvalue weighted by atomic mass is 10.1. The van der Waals surface area contributed by atoms with Crippen molar-refractivity contribution in [2.24, 2.45) is 11.8 Å². The Labute approximate surface area is 108 Å². The zero-order valence-corrected chi connectivity index (χ0v) is 11.6. The molecule has 5 nitrogen and oxygen atoms in total. The molecule has 0 radical (unpaired) electrons. The number of nitrogens with two attached hydrogens (primary N) is 1. The summed E-state index contributed by atoms with van der Waals surface area (Å²) in [6, 6.07) is 1.75. The van der Waals surface area contributed by atoms with Gasteiger partial charge < -0.3 is 9.32 Å². The van der Waals surface area contributed by atoms with Crippen molar-refractivity contribution >= 4 is 5.91 Å². The van der Waals surface area contributed by atoms with Crippen molar-refractivity contribution in [3.05, 3.63) is 23.2 Å². The Morgan fingerprint density at radius 1 is 1.61 bits per heavy atom. The number of nitrogens with one attached hydrogen (secondary N) is 1. The minimum atomic E-state index is -0.395. The lowest BCUT2D eigenvalue weighted by Crippen LogP contribution is -2.29. The molecule has 102 valence electrons. The number of carbonyl (C=O) groups excluding carboxylic acids is 1. The molecule has 1 atom stereocenters. The third-order valence-electron chi connectivity index (χ3n) is 3.14. The largest absolute Gasteiger partial charge is 0.456 e. The molecule has 0 bridgehead atoms.